The van der Waals surface area contributed by atoms with Crippen LogP contribution in [0.25, 0.3) is 10.2 Å². The third-order valence-electron chi connectivity index (χ3n) is 4.09. The average Bonchev–Trinajstić information content (AvgIpc) is 3.07. The van der Waals surface area contributed by atoms with Gasteiger partial charge in [0.2, 0.25) is 5.91 Å². The van der Waals surface area contributed by atoms with E-state index in [1.165, 1.54) is 11.3 Å². The third-order valence-corrected chi connectivity index (χ3v) is 5.29. The van der Waals surface area contributed by atoms with Crippen LogP contribution in [0.5, 0.6) is 0 Å². The van der Waals surface area contributed by atoms with E-state index in [-0.39, 0.29) is 18.2 Å². The van der Waals surface area contributed by atoms with Gasteiger partial charge in [0.05, 0.1) is 10.6 Å². The van der Waals surface area contributed by atoms with Crippen LogP contribution < -0.4 is 10.6 Å². The van der Waals surface area contributed by atoms with E-state index in [4.69, 9.17) is 5.11 Å². The molecule has 0 aliphatic carbocycles. The maximum atomic E-state index is 12.4. The second-order valence-electron chi connectivity index (χ2n) is 7.00. The summed E-state index contributed by atoms with van der Waals surface area (Å²) in [6.45, 7) is 6.99. The zero-order valence-electron chi connectivity index (χ0n) is 15.5. The number of fused-ring (bicyclic) bond motifs is 1. The van der Waals surface area contributed by atoms with Gasteiger partial charge in [0, 0.05) is 24.4 Å². The summed E-state index contributed by atoms with van der Waals surface area (Å²) in [5, 5.41) is 19.5. The first-order valence-corrected chi connectivity index (χ1v) is 9.09. The van der Waals surface area contributed by atoms with Crippen molar-refractivity contribution < 1.29 is 19.5 Å². The van der Waals surface area contributed by atoms with Crippen LogP contribution in [0.1, 0.15) is 49.0 Å². The number of aromatic nitrogens is 2. The van der Waals surface area contributed by atoms with Crippen molar-refractivity contribution in [3.63, 3.8) is 0 Å². The lowest BCUT2D eigenvalue weighted by molar-refractivity contribution is -0.137. The molecule has 8 nitrogen and oxygen atoms in total. The molecule has 0 saturated carbocycles. The quantitative estimate of drug-likeness (QED) is 0.678. The molecule has 1 atom stereocenters. The van der Waals surface area contributed by atoms with Crippen LogP contribution in [0.15, 0.2) is 6.07 Å². The molecular weight excluding hydrogens is 356 g/mol. The van der Waals surface area contributed by atoms with Crippen molar-refractivity contribution in [2.24, 2.45) is 7.05 Å². The highest BCUT2D eigenvalue weighted by molar-refractivity contribution is 7.20. The SMILES string of the molecule is Cc1nn(C)c2sc(C(=O)NC(C)C(=O)NC(C)(C)CCC(=O)O)cc12. The number of carbonyl (C=O) groups excluding carboxylic acids is 2. The van der Waals surface area contributed by atoms with Crippen LogP contribution in [0.3, 0.4) is 0 Å². The van der Waals surface area contributed by atoms with Gasteiger partial charge in [-0.2, -0.15) is 5.10 Å². The third kappa shape index (κ3) is 4.60. The standard InChI is InChI=1S/C17H24N4O4S/c1-9-11-8-12(26-16(11)21(5)20-9)15(25)18-10(2)14(24)19-17(3,4)7-6-13(22)23/h8,10H,6-7H2,1-5H3,(H,18,25)(H,19,24)(H,22,23). The molecule has 0 bridgehead atoms. The van der Waals surface area contributed by atoms with E-state index in [0.29, 0.717) is 11.3 Å². The second kappa shape index (κ2) is 7.45. The Morgan fingerprint density at radius 3 is 2.62 bits per heavy atom. The fraction of sp³-hybridized carbons (Fsp3) is 0.529. The van der Waals surface area contributed by atoms with Gasteiger partial charge in [-0.1, -0.05) is 0 Å². The molecule has 0 fully saturated rings. The molecule has 2 amide bonds. The maximum absolute atomic E-state index is 12.4. The second-order valence-corrected chi connectivity index (χ2v) is 8.03. The maximum Gasteiger partial charge on any atom is 0.303 e. The monoisotopic (exact) mass is 380 g/mol. The Labute approximate surface area is 155 Å². The van der Waals surface area contributed by atoms with Crippen LogP contribution in [0, 0.1) is 6.92 Å². The molecule has 26 heavy (non-hydrogen) atoms. The highest BCUT2D eigenvalue weighted by atomic mass is 32.1. The van der Waals surface area contributed by atoms with E-state index < -0.39 is 17.6 Å². The van der Waals surface area contributed by atoms with E-state index >= 15 is 0 Å². The van der Waals surface area contributed by atoms with E-state index in [0.717, 1.165) is 15.9 Å². The molecule has 0 saturated heterocycles. The molecule has 1 unspecified atom stereocenters. The normalized spacial score (nSPS) is 12.8. The zero-order chi connectivity index (χ0) is 19.6. The molecule has 0 aromatic carbocycles. The van der Waals surface area contributed by atoms with Crippen molar-refractivity contribution in [2.75, 3.05) is 0 Å². The molecule has 0 aliphatic heterocycles. The lowest BCUT2D eigenvalue weighted by Crippen LogP contribution is -2.52. The predicted octanol–water partition coefficient (Wildman–Crippen LogP) is 1.82. The summed E-state index contributed by atoms with van der Waals surface area (Å²) in [5.74, 6) is -1.59. The highest BCUT2D eigenvalue weighted by Gasteiger charge is 2.26. The number of nitrogens with one attached hydrogen (secondary N) is 2. The first-order valence-electron chi connectivity index (χ1n) is 8.28. The van der Waals surface area contributed by atoms with Crippen LogP contribution in [-0.2, 0) is 16.6 Å². The Kier molecular flexibility index (Phi) is 5.70. The first kappa shape index (κ1) is 19.9. The number of amides is 2. The lowest BCUT2D eigenvalue weighted by Gasteiger charge is -2.27. The molecule has 2 rings (SSSR count). The van der Waals surface area contributed by atoms with Crippen molar-refractivity contribution in [3.05, 3.63) is 16.6 Å². The Bertz CT molecular complexity index is 818. The summed E-state index contributed by atoms with van der Waals surface area (Å²) >= 11 is 1.32. The number of thiophene rings is 1. The van der Waals surface area contributed by atoms with Crippen LogP contribution >= 0.6 is 11.3 Å². The van der Waals surface area contributed by atoms with Crippen LogP contribution in [0.2, 0.25) is 0 Å². The van der Waals surface area contributed by atoms with E-state index in [1.807, 2.05) is 14.0 Å². The van der Waals surface area contributed by atoms with Crippen molar-refractivity contribution in [3.8, 4) is 0 Å². The fourth-order valence-corrected chi connectivity index (χ4v) is 3.60. The minimum atomic E-state index is -0.914. The lowest BCUT2D eigenvalue weighted by atomic mass is 9.98. The number of carbonyl (C=O) groups is 3. The summed E-state index contributed by atoms with van der Waals surface area (Å²) in [6, 6.07) is 1.04. The summed E-state index contributed by atoms with van der Waals surface area (Å²) in [7, 11) is 1.82. The molecule has 2 aromatic rings. The number of carboxylic acids is 1. The smallest absolute Gasteiger partial charge is 0.303 e. The molecule has 2 heterocycles. The topological polar surface area (TPSA) is 113 Å². The number of rotatable bonds is 7. The summed E-state index contributed by atoms with van der Waals surface area (Å²) in [5.41, 5.74) is 0.179. The van der Waals surface area contributed by atoms with E-state index in [9.17, 15) is 14.4 Å². The van der Waals surface area contributed by atoms with Gasteiger partial charge in [-0.3, -0.25) is 19.1 Å². The Morgan fingerprint density at radius 2 is 2.04 bits per heavy atom. The number of hydrogen-bond donors (Lipinski definition) is 3. The minimum absolute atomic E-state index is 0.0385. The molecule has 3 N–H and O–H groups in total. The van der Waals surface area contributed by atoms with Gasteiger partial charge in [-0.05, 0) is 40.2 Å². The van der Waals surface area contributed by atoms with Crippen molar-refractivity contribution in [1.29, 1.82) is 0 Å². The number of carboxylic acid groups (broad SMARTS) is 1. The number of hydrogen-bond acceptors (Lipinski definition) is 5. The molecule has 2 aromatic heterocycles. The number of nitrogens with zero attached hydrogens (tertiary/aromatic N) is 2. The van der Waals surface area contributed by atoms with Crippen molar-refractivity contribution >= 4 is 39.3 Å². The summed E-state index contributed by atoms with van der Waals surface area (Å²) < 4.78 is 1.73. The van der Waals surface area contributed by atoms with Gasteiger partial charge in [0.15, 0.2) is 0 Å². The van der Waals surface area contributed by atoms with E-state index in [2.05, 4.69) is 15.7 Å². The van der Waals surface area contributed by atoms with Gasteiger partial charge in [-0.15, -0.1) is 11.3 Å². The molecule has 0 spiro atoms. The Morgan fingerprint density at radius 1 is 1.38 bits per heavy atom. The van der Waals surface area contributed by atoms with Crippen molar-refractivity contribution in [1.82, 2.24) is 20.4 Å². The summed E-state index contributed by atoms with van der Waals surface area (Å²) in [6.07, 6.45) is 0.264. The zero-order valence-corrected chi connectivity index (χ0v) is 16.4. The molecule has 9 heteroatoms. The minimum Gasteiger partial charge on any atom is -0.481 e. The van der Waals surface area contributed by atoms with Crippen LogP contribution in [-0.4, -0.2) is 44.3 Å². The van der Waals surface area contributed by atoms with Gasteiger partial charge >= 0.3 is 5.97 Å². The van der Waals surface area contributed by atoms with Gasteiger partial charge in [-0.25, -0.2) is 0 Å². The Hall–Kier alpha value is -2.42. The first-order chi connectivity index (χ1) is 12.0. The molecular formula is C17H24N4O4S. The van der Waals surface area contributed by atoms with Gasteiger partial charge in [0.25, 0.3) is 5.91 Å². The molecule has 0 radical (unpaired) electrons. The number of aliphatic carboxylic acids is 1. The molecule has 0 aliphatic rings. The summed E-state index contributed by atoms with van der Waals surface area (Å²) in [4.78, 5) is 36.9. The van der Waals surface area contributed by atoms with Crippen LogP contribution in [0.4, 0.5) is 0 Å². The largest absolute Gasteiger partial charge is 0.481 e. The fourth-order valence-electron chi connectivity index (χ4n) is 2.57. The molecule has 142 valence electrons. The van der Waals surface area contributed by atoms with E-state index in [1.54, 1.807) is 31.5 Å². The predicted molar refractivity (Wildman–Crippen MR) is 99.3 cm³/mol. The Balaban J connectivity index is 1.99. The van der Waals surface area contributed by atoms with Gasteiger partial charge in [0.1, 0.15) is 10.9 Å². The van der Waals surface area contributed by atoms with Crippen molar-refractivity contribution in [2.45, 2.75) is 52.1 Å². The number of aryl methyl sites for hydroxylation is 2. The average molecular weight is 380 g/mol. The highest BCUT2D eigenvalue weighted by Crippen LogP contribution is 2.27. The van der Waals surface area contributed by atoms with Gasteiger partial charge < -0.3 is 15.7 Å².